The molecule has 1 aromatic rings. The summed E-state index contributed by atoms with van der Waals surface area (Å²) < 4.78 is 0. The van der Waals surface area contributed by atoms with Crippen molar-refractivity contribution in [2.45, 2.75) is 13.3 Å². The van der Waals surface area contributed by atoms with Crippen LogP contribution in [0.5, 0.6) is 0 Å². The van der Waals surface area contributed by atoms with Crippen LogP contribution in [-0.2, 0) is 11.2 Å². The van der Waals surface area contributed by atoms with E-state index in [0.717, 1.165) is 0 Å². The number of aromatic nitrogens is 2. The van der Waals surface area contributed by atoms with E-state index in [9.17, 15) is 9.59 Å². The van der Waals surface area contributed by atoms with Gasteiger partial charge in [0.15, 0.2) is 0 Å². The van der Waals surface area contributed by atoms with Gasteiger partial charge in [0.25, 0.3) is 5.56 Å². The van der Waals surface area contributed by atoms with Crippen LogP contribution >= 0.6 is 0 Å². The average Bonchev–Trinajstić information content (AvgIpc) is 2.32. The van der Waals surface area contributed by atoms with Crippen molar-refractivity contribution in [1.29, 1.82) is 0 Å². The molecule has 0 bridgehead atoms. The molecule has 1 aromatic heterocycles. The van der Waals surface area contributed by atoms with Gasteiger partial charge in [-0.05, 0) is 0 Å². The van der Waals surface area contributed by atoms with Gasteiger partial charge in [-0.2, -0.15) is 0 Å². The van der Waals surface area contributed by atoms with Crippen LogP contribution in [0.2, 0.25) is 0 Å². The molecule has 0 saturated carbocycles. The Morgan fingerprint density at radius 2 is 2.18 bits per heavy atom. The summed E-state index contributed by atoms with van der Waals surface area (Å²) in [7, 11) is 1.78. The van der Waals surface area contributed by atoms with Crippen molar-refractivity contribution in [3.8, 4) is 0 Å². The number of likely N-dealkylation sites (N-methyl/N-ethyl adjacent to an activating group) is 1. The number of hydrogen-bond acceptors (Lipinski definition) is 4. The van der Waals surface area contributed by atoms with E-state index in [1.807, 2.05) is 11.8 Å². The number of aromatic amines is 1. The summed E-state index contributed by atoms with van der Waals surface area (Å²) in [6.45, 7) is 3.59. The molecule has 2 rings (SSSR count). The van der Waals surface area contributed by atoms with E-state index in [4.69, 9.17) is 0 Å². The fraction of sp³-hybridized carbons (Fsp3) is 0.545. The van der Waals surface area contributed by atoms with Crippen LogP contribution in [0.1, 0.15) is 12.7 Å². The normalized spacial score (nSPS) is 16.5. The van der Waals surface area contributed by atoms with Crippen LogP contribution in [0.3, 0.4) is 0 Å². The van der Waals surface area contributed by atoms with Crippen molar-refractivity contribution in [2.75, 3.05) is 31.6 Å². The predicted octanol–water partition coefficient (Wildman–Crippen LogP) is -0.389. The first-order valence-electron chi connectivity index (χ1n) is 5.69. The standard InChI is InChI=1S/C11H16N4O2/c1-3-8-12-9(6-10(16)13-8)15-5-4-14(2)11(17)7-15/h6H,3-5,7H2,1-2H3,(H,12,13,16). The molecule has 0 radical (unpaired) electrons. The SMILES string of the molecule is CCc1nc(N2CCN(C)C(=O)C2)cc(=O)[nH]1. The van der Waals surface area contributed by atoms with Gasteiger partial charge in [0, 0.05) is 32.6 Å². The van der Waals surface area contributed by atoms with Crippen LogP contribution in [0.15, 0.2) is 10.9 Å². The van der Waals surface area contributed by atoms with E-state index in [1.165, 1.54) is 6.07 Å². The van der Waals surface area contributed by atoms with Crippen LogP contribution in [0, 0.1) is 0 Å². The molecule has 0 aromatic carbocycles. The Kier molecular flexibility index (Phi) is 3.12. The van der Waals surface area contributed by atoms with E-state index in [2.05, 4.69) is 9.97 Å². The first-order valence-corrected chi connectivity index (χ1v) is 5.69. The van der Waals surface area contributed by atoms with Gasteiger partial charge in [-0.25, -0.2) is 4.98 Å². The smallest absolute Gasteiger partial charge is 0.252 e. The molecule has 1 N–H and O–H groups in total. The molecule has 92 valence electrons. The molecule has 1 fully saturated rings. The number of H-pyrrole nitrogens is 1. The number of carbonyl (C=O) groups excluding carboxylic acids is 1. The fourth-order valence-corrected chi connectivity index (χ4v) is 1.78. The molecule has 1 amide bonds. The van der Waals surface area contributed by atoms with Gasteiger partial charge >= 0.3 is 0 Å². The second kappa shape index (κ2) is 4.57. The Bertz CT molecular complexity index is 483. The van der Waals surface area contributed by atoms with Gasteiger partial charge in [0.1, 0.15) is 11.6 Å². The number of nitrogens with one attached hydrogen (secondary N) is 1. The predicted molar refractivity (Wildman–Crippen MR) is 64.1 cm³/mol. The van der Waals surface area contributed by atoms with Gasteiger partial charge in [0.2, 0.25) is 5.91 Å². The zero-order chi connectivity index (χ0) is 12.4. The third-order valence-corrected chi connectivity index (χ3v) is 2.89. The monoisotopic (exact) mass is 236 g/mol. The molecule has 1 aliphatic heterocycles. The maximum atomic E-state index is 11.6. The number of anilines is 1. The molecule has 0 aliphatic carbocycles. The molecule has 0 unspecified atom stereocenters. The molecule has 0 atom stereocenters. The van der Waals surface area contributed by atoms with Crippen molar-refractivity contribution in [1.82, 2.24) is 14.9 Å². The quantitative estimate of drug-likeness (QED) is 0.759. The van der Waals surface area contributed by atoms with Crippen LogP contribution in [0.4, 0.5) is 5.82 Å². The number of amides is 1. The summed E-state index contributed by atoms with van der Waals surface area (Å²) >= 11 is 0. The van der Waals surface area contributed by atoms with Gasteiger partial charge in [-0.3, -0.25) is 9.59 Å². The average molecular weight is 236 g/mol. The summed E-state index contributed by atoms with van der Waals surface area (Å²) in [4.78, 5) is 33.6. The number of aryl methyl sites for hydroxylation is 1. The molecule has 1 aliphatic rings. The van der Waals surface area contributed by atoms with E-state index >= 15 is 0 Å². The van der Waals surface area contributed by atoms with Crippen molar-refractivity contribution >= 4 is 11.7 Å². The number of piperazine rings is 1. The van der Waals surface area contributed by atoms with Crippen molar-refractivity contribution in [2.24, 2.45) is 0 Å². The lowest BCUT2D eigenvalue weighted by atomic mass is 10.3. The van der Waals surface area contributed by atoms with E-state index in [-0.39, 0.29) is 18.0 Å². The van der Waals surface area contributed by atoms with Crippen molar-refractivity contribution < 1.29 is 4.79 Å². The molecule has 0 spiro atoms. The minimum Gasteiger partial charge on any atom is -0.345 e. The summed E-state index contributed by atoms with van der Waals surface area (Å²) in [5.41, 5.74) is -0.168. The lowest BCUT2D eigenvalue weighted by Gasteiger charge is -2.32. The second-order valence-corrected chi connectivity index (χ2v) is 4.14. The summed E-state index contributed by atoms with van der Waals surface area (Å²) in [5, 5.41) is 0. The number of hydrogen-bond donors (Lipinski definition) is 1. The molecule has 17 heavy (non-hydrogen) atoms. The van der Waals surface area contributed by atoms with Crippen LogP contribution < -0.4 is 10.5 Å². The lowest BCUT2D eigenvalue weighted by Crippen LogP contribution is -2.49. The Balaban J connectivity index is 2.25. The topological polar surface area (TPSA) is 69.3 Å². The minimum atomic E-state index is -0.168. The van der Waals surface area contributed by atoms with E-state index in [0.29, 0.717) is 31.2 Å². The highest BCUT2D eigenvalue weighted by molar-refractivity contribution is 5.82. The third-order valence-electron chi connectivity index (χ3n) is 2.89. The number of carbonyl (C=O) groups is 1. The fourth-order valence-electron chi connectivity index (χ4n) is 1.78. The zero-order valence-corrected chi connectivity index (χ0v) is 10.1. The summed E-state index contributed by atoms with van der Waals surface area (Å²) in [5.74, 6) is 1.29. The Morgan fingerprint density at radius 3 is 2.82 bits per heavy atom. The first-order chi connectivity index (χ1) is 8.10. The molecule has 6 nitrogen and oxygen atoms in total. The number of nitrogens with zero attached hydrogens (tertiary/aromatic N) is 3. The van der Waals surface area contributed by atoms with Gasteiger partial charge < -0.3 is 14.8 Å². The van der Waals surface area contributed by atoms with Crippen LogP contribution in [0.25, 0.3) is 0 Å². The summed E-state index contributed by atoms with van der Waals surface area (Å²) in [6, 6.07) is 1.44. The highest BCUT2D eigenvalue weighted by Crippen LogP contribution is 2.11. The number of rotatable bonds is 2. The highest BCUT2D eigenvalue weighted by Gasteiger charge is 2.22. The van der Waals surface area contributed by atoms with Gasteiger partial charge in [-0.1, -0.05) is 6.92 Å². The Morgan fingerprint density at radius 1 is 1.41 bits per heavy atom. The lowest BCUT2D eigenvalue weighted by molar-refractivity contribution is -0.129. The maximum Gasteiger partial charge on any atom is 0.252 e. The summed E-state index contributed by atoms with van der Waals surface area (Å²) in [6.07, 6.45) is 0.671. The highest BCUT2D eigenvalue weighted by atomic mass is 16.2. The molecule has 2 heterocycles. The van der Waals surface area contributed by atoms with E-state index < -0.39 is 0 Å². The van der Waals surface area contributed by atoms with E-state index in [1.54, 1.807) is 11.9 Å². The van der Waals surface area contributed by atoms with Crippen LogP contribution in [-0.4, -0.2) is 47.5 Å². The zero-order valence-electron chi connectivity index (χ0n) is 10.1. The van der Waals surface area contributed by atoms with Gasteiger partial charge in [-0.15, -0.1) is 0 Å². The van der Waals surface area contributed by atoms with Crippen molar-refractivity contribution in [3.63, 3.8) is 0 Å². The maximum absolute atomic E-state index is 11.6. The van der Waals surface area contributed by atoms with Gasteiger partial charge in [0.05, 0.1) is 6.54 Å². The molecule has 6 heteroatoms. The molecule has 1 saturated heterocycles. The first kappa shape index (κ1) is 11.6. The third kappa shape index (κ3) is 2.46. The molecular formula is C11H16N4O2. The second-order valence-electron chi connectivity index (χ2n) is 4.14. The van der Waals surface area contributed by atoms with Crippen molar-refractivity contribution in [3.05, 3.63) is 22.2 Å². The Hall–Kier alpha value is -1.85. The Labute approximate surface area is 99.3 Å². The largest absolute Gasteiger partial charge is 0.345 e. The molecular weight excluding hydrogens is 220 g/mol. The minimum absolute atomic E-state index is 0.0522.